The summed E-state index contributed by atoms with van der Waals surface area (Å²) in [6.45, 7) is 3.46. The zero-order valence-corrected chi connectivity index (χ0v) is 29.2. The van der Waals surface area contributed by atoms with E-state index in [2.05, 4.69) is 5.32 Å². The number of hydrogen-bond acceptors (Lipinski definition) is 4. The molecule has 252 valence electrons. The second-order valence-corrected chi connectivity index (χ2v) is 14.8. The number of aryl methyl sites for hydroxylation is 2. The molecule has 4 aromatic rings. The minimum Gasteiger partial charge on any atom is -0.352 e. The molecule has 1 unspecified atom stereocenters. The van der Waals surface area contributed by atoms with E-state index in [9.17, 15) is 18.0 Å². The van der Waals surface area contributed by atoms with Crippen LogP contribution in [0, 0.1) is 6.92 Å². The van der Waals surface area contributed by atoms with E-state index in [1.165, 1.54) is 4.31 Å². The molecule has 4 aromatic carbocycles. The molecule has 5 rings (SSSR count). The standard InChI is InChI=1S/C39H44ClN3O4S/c1-3-32-14-10-11-17-36(32)43(48(46,47)35-24-18-29(2)19-25-35)28-38(44)42(27-31-20-22-33(40)23-21-31)37(26-30-12-6-4-7-13-30)39(45)41-34-15-8-5-9-16-34/h4,6-7,10-14,17-25,34,37H,3,5,8-9,15-16,26-28H2,1-2H3,(H,41,45). The van der Waals surface area contributed by atoms with Gasteiger partial charge in [-0.2, -0.15) is 0 Å². The van der Waals surface area contributed by atoms with Gasteiger partial charge in [-0.3, -0.25) is 13.9 Å². The summed E-state index contributed by atoms with van der Waals surface area (Å²) < 4.78 is 30.0. The zero-order valence-electron chi connectivity index (χ0n) is 27.6. The van der Waals surface area contributed by atoms with Crippen molar-refractivity contribution in [3.8, 4) is 0 Å². The Morgan fingerprint density at radius 2 is 1.48 bits per heavy atom. The van der Waals surface area contributed by atoms with Gasteiger partial charge in [0.05, 0.1) is 10.6 Å². The number of halogens is 1. The summed E-state index contributed by atoms with van der Waals surface area (Å²) in [7, 11) is -4.17. The van der Waals surface area contributed by atoms with Crippen molar-refractivity contribution in [1.82, 2.24) is 10.2 Å². The molecular formula is C39H44ClN3O4S. The van der Waals surface area contributed by atoms with Crippen molar-refractivity contribution in [1.29, 1.82) is 0 Å². The second kappa shape index (κ2) is 16.3. The van der Waals surface area contributed by atoms with E-state index in [0.29, 0.717) is 17.1 Å². The number of carbonyl (C=O) groups excluding carboxylic acids is 2. The average molecular weight is 686 g/mol. The molecule has 1 fully saturated rings. The lowest BCUT2D eigenvalue weighted by Crippen LogP contribution is -2.55. The van der Waals surface area contributed by atoms with Gasteiger partial charge in [0.25, 0.3) is 10.0 Å². The molecule has 9 heteroatoms. The summed E-state index contributed by atoms with van der Waals surface area (Å²) in [5, 5.41) is 3.80. The summed E-state index contributed by atoms with van der Waals surface area (Å²) in [4.78, 5) is 30.7. The van der Waals surface area contributed by atoms with Gasteiger partial charge in [-0.05, 0) is 73.2 Å². The summed E-state index contributed by atoms with van der Waals surface area (Å²) in [5.41, 5.74) is 3.83. The second-order valence-electron chi connectivity index (χ2n) is 12.5. The van der Waals surface area contributed by atoms with E-state index in [0.717, 1.165) is 54.4 Å². The predicted molar refractivity (Wildman–Crippen MR) is 192 cm³/mol. The van der Waals surface area contributed by atoms with Crippen LogP contribution in [0.4, 0.5) is 5.69 Å². The number of nitrogens with one attached hydrogen (secondary N) is 1. The SMILES string of the molecule is CCc1ccccc1N(CC(=O)N(Cc1ccc(Cl)cc1)C(Cc1ccccc1)C(=O)NC1CCCCC1)S(=O)(=O)c1ccc(C)cc1. The minimum atomic E-state index is -4.17. The smallest absolute Gasteiger partial charge is 0.264 e. The molecule has 7 nitrogen and oxygen atoms in total. The fourth-order valence-electron chi connectivity index (χ4n) is 6.29. The number of nitrogens with zero attached hydrogens (tertiary/aromatic N) is 2. The Morgan fingerprint density at radius 3 is 2.15 bits per heavy atom. The first kappa shape index (κ1) is 35.2. The highest BCUT2D eigenvalue weighted by Crippen LogP contribution is 2.29. The van der Waals surface area contributed by atoms with Crippen molar-refractivity contribution in [3.63, 3.8) is 0 Å². The quantitative estimate of drug-likeness (QED) is 0.158. The third kappa shape index (κ3) is 8.85. The molecule has 1 atom stereocenters. The largest absolute Gasteiger partial charge is 0.352 e. The number of benzene rings is 4. The van der Waals surface area contributed by atoms with Crippen LogP contribution in [-0.4, -0.2) is 43.8 Å². The molecule has 1 N–H and O–H groups in total. The van der Waals surface area contributed by atoms with Crippen molar-refractivity contribution < 1.29 is 18.0 Å². The number of amides is 2. The summed E-state index contributed by atoms with van der Waals surface area (Å²) in [6, 6.07) is 29.8. The Labute approximate surface area is 290 Å². The van der Waals surface area contributed by atoms with Gasteiger partial charge < -0.3 is 10.2 Å². The maximum atomic E-state index is 14.8. The molecule has 0 spiro atoms. The highest BCUT2D eigenvalue weighted by molar-refractivity contribution is 7.92. The van der Waals surface area contributed by atoms with E-state index < -0.39 is 28.5 Å². The molecule has 0 aromatic heterocycles. The number of hydrogen-bond donors (Lipinski definition) is 1. The molecule has 0 saturated heterocycles. The van der Waals surface area contributed by atoms with E-state index in [1.807, 2.05) is 68.4 Å². The van der Waals surface area contributed by atoms with E-state index in [1.54, 1.807) is 53.4 Å². The van der Waals surface area contributed by atoms with Crippen molar-refractivity contribution in [2.45, 2.75) is 82.3 Å². The summed E-state index contributed by atoms with van der Waals surface area (Å²) >= 11 is 6.20. The Hall–Kier alpha value is -4.14. The van der Waals surface area contributed by atoms with Gasteiger partial charge in [-0.15, -0.1) is 0 Å². The zero-order chi connectivity index (χ0) is 34.1. The topological polar surface area (TPSA) is 86.8 Å². The number of sulfonamides is 1. The number of rotatable bonds is 13. The highest BCUT2D eigenvalue weighted by Gasteiger charge is 2.36. The summed E-state index contributed by atoms with van der Waals surface area (Å²) in [5.74, 6) is -0.721. The Bertz CT molecular complexity index is 1770. The van der Waals surface area contributed by atoms with Gasteiger partial charge in [0.2, 0.25) is 11.8 Å². The lowest BCUT2D eigenvalue weighted by molar-refractivity contribution is -0.140. The van der Waals surface area contributed by atoms with E-state index in [4.69, 9.17) is 11.6 Å². The van der Waals surface area contributed by atoms with Crippen LogP contribution in [0.25, 0.3) is 0 Å². The molecule has 0 heterocycles. The third-order valence-corrected chi connectivity index (χ3v) is 11.0. The van der Waals surface area contributed by atoms with Crippen LogP contribution in [0.1, 0.15) is 61.3 Å². The average Bonchev–Trinajstić information content (AvgIpc) is 3.10. The molecule has 1 aliphatic carbocycles. The van der Waals surface area contributed by atoms with E-state index in [-0.39, 0.29) is 29.8 Å². The predicted octanol–water partition coefficient (Wildman–Crippen LogP) is 7.50. The van der Waals surface area contributed by atoms with Gasteiger partial charge in [0.1, 0.15) is 12.6 Å². The van der Waals surface area contributed by atoms with Crippen molar-refractivity contribution in [3.05, 3.63) is 130 Å². The lowest BCUT2D eigenvalue weighted by Gasteiger charge is -2.35. The first-order chi connectivity index (χ1) is 23.2. The molecule has 1 aliphatic rings. The van der Waals surface area contributed by atoms with E-state index >= 15 is 0 Å². The van der Waals surface area contributed by atoms with Gasteiger partial charge in [0, 0.05) is 24.0 Å². The van der Waals surface area contributed by atoms with Crippen molar-refractivity contribution in [2.75, 3.05) is 10.8 Å². The molecule has 0 radical (unpaired) electrons. The number of para-hydroxylation sites is 1. The van der Waals surface area contributed by atoms with Crippen LogP contribution < -0.4 is 9.62 Å². The van der Waals surface area contributed by atoms with Crippen LogP contribution in [0.3, 0.4) is 0 Å². The molecule has 0 bridgehead atoms. The van der Waals surface area contributed by atoms with Crippen LogP contribution in [0.2, 0.25) is 5.02 Å². The monoisotopic (exact) mass is 685 g/mol. The Morgan fingerprint density at radius 1 is 0.833 bits per heavy atom. The van der Waals surface area contributed by atoms with Gasteiger partial charge in [0.15, 0.2) is 0 Å². The maximum Gasteiger partial charge on any atom is 0.264 e. The van der Waals surface area contributed by atoms with Crippen molar-refractivity contribution in [2.24, 2.45) is 0 Å². The van der Waals surface area contributed by atoms with Gasteiger partial charge in [-0.25, -0.2) is 8.42 Å². The molecule has 0 aliphatic heterocycles. The van der Waals surface area contributed by atoms with Crippen LogP contribution in [0.5, 0.6) is 0 Å². The fourth-order valence-corrected chi connectivity index (χ4v) is 7.87. The Balaban J connectivity index is 1.58. The number of carbonyl (C=O) groups is 2. The lowest BCUT2D eigenvalue weighted by atomic mass is 9.94. The first-order valence-electron chi connectivity index (χ1n) is 16.7. The maximum absolute atomic E-state index is 14.8. The molecule has 2 amide bonds. The minimum absolute atomic E-state index is 0.0341. The molecule has 48 heavy (non-hydrogen) atoms. The number of anilines is 1. The molecular weight excluding hydrogens is 642 g/mol. The van der Waals surface area contributed by atoms with Crippen molar-refractivity contribution >= 4 is 39.1 Å². The third-order valence-electron chi connectivity index (χ3n) is 9.02. The Kier molecular flexibility index (Phi) is 12.0. The highest BCUT2D eigenvalue weighted by atomic mass is 35.5. The van der Waals surface area contributed by atoms with Crippen LogP contribution in [-0.2, 0) is 39.0 Å². The summed E-state index contributed by atoms with van der Waals surface area (Å²) in [6.07, 6.45) is 5.87. The van der Waals surface area contributed by atoms with Gasteiger partial charge >= 0.3 is 0 Å². The normalized spacial score (nSPS) is 14.2. The van der Waals surface area contributed by atoms with Crippen LogP contribution >= 0.6 is 11.6 Å². The van der Waals surface area contributed by atoms with Crippen LogP contribution in [0.15, 0.2) is 108 Å². The molecule has 1 saturated carbocycles. The van der Waals surface area contributed by atoms with Gasteiger partial charge in [-0.1, -0.05) is 116 Å². The first-order valence-corrected chi connectivity index (χ1v) is 18.5. The fraction of sp³-hybridized carbons (Fsp3) is 0.333.